The highest BCUT2D eigenvalue weighted by molar-refractivity contribution is 5.27. The molecule has 0 aliphatic carbocycles. The Morgan fingerprint density at radius 2 is 2.11 bits per heavy atom. The number of hydrogen-bond donors (Lipinski definition) is 1. The normalized spacial score (nSPS) is 19.0. The van der Waals surface area contributed by atoms with Crippen molar-refractivity contribution in [1.82, 2.24) is 5.32 Å². The maximum absolute atomic E-state index is 5.67. The second-order valence-electron chi connectivity index (χ2n) is 5.61. The Morgan fingerprint density at radius 1 is 1.32 bits per heavy atom. The van der Waals surface area contributed by atoms with E-state index in [0.29, 0.717) is 12.0 Å². The van der Waals surface area contributed by atoms with Crippen molar-refractivity contribution in [2.75, 3.05) is 19.8 Å². The van der Waals surface area contributed by atoms with Crippen LogP contribution >= 0.6 is 0 Å². The molecule has 1 aromatic carbocycles. The summed E-state index contributed by atoms with van der Waals surface area (Å²) >= 11 is 0. The first-order valence-corrected chi connectivity index (χ1v) is 7.28. The van der Waals surface area contributed by atoms with Gasteiger partial charge in [-0.25, -0.2) is 0 Å². The van der Waals surface area contributed by atoms with Gasteiger partial charge in [0.05, 0.1) is 12.7 Å². The molecule has 1 aliphatic heterocycles. The van der Waals surface area contributed by atoms with E-state index >= 15 is 0 Å². The highest BCUT2D eigenvalue weighted by atomic mass is 16.5. The van der Waals surface area contributed by atoms with E-state index in [1.165, 1.54) is 18.4 Å². The summed E-state index contributed by atoms with van der Waals surface area (Å²) in [4.78, 5) is 0. The summed E-state index contributed by atoms with van der Waals surface area (Å²) < 4.78 is 11.2. The van der Waals surface area contributed by atoms with E-state index in [2.05, 4.69) is 31.3 Å². The van der Waals surface area contributed by atoms with Gasteiger partial charge in [0.1, 0.15) is 5.75 Å². The first-order chi connectivity index (χ1) is 9.24. The molecule has 0 radical (unpaired) electrons. The molecule has 0 amide bonds. The van der Waals surface area contributed by atoms with Crippen LogP contribution in [0.2, 0.25) is 0 Å². The third-order valence-electron chi connectivity index (χ3n) is 3.23. The third-order valence-corrected chi connectivity index (χ3v) is 3.23. The summed E-state index contributed by atoms with van der Waals surface area (Å²) in [6, 6.07) is 8.34. The van der Waals surface area contributed by atoms with Gasteiger partial charge in [0.25, 0.3) is 0 Å². The lowest BCUT2D eigenvalue weighted by Crippen LogP contribution is -2.25. The van der Waals surface area contributed by atoms with E-state index in [9.17, 15) is 0 Å². The number of nitrogens with one attached hydrogen (secondary N) is 1. The van der Waals surface area contributed by atoms with Crippen molar-refractivity contribution in [2.45, 2.75) is 39.3 Å². The lowest BCUT2D eigenvalue weighted by atomic mass is 10.2. The summed E-state index contributed by atoms with van der Waals surface area (Å²) in [7, 11) is 0. The minimum absolute atomic E-state index is 0.411. The van der Waals surface area contributed by atoms with Gasteiger partial charge in [-0.05, 0) is 36.5 Å². The summed E-state index contributed by atoms with van der Waals surface area (Å²) in [5, 5.41) is 3.45. The number of ether oxygens (including phenoxy) is 2. The van der Waals surface area contributed by atoms with Crippen molar-refractivity contribution in [2.24, 2.45) is 5.92 Å². The van der Waals surface area contributed by atoms with E-state index in [-0.39, 0.29) is 0 Å². The molecule has 3 nitrogen and oxygen atoms in total. The molecule has 0 spiro atoms. The SMILES string of the molecule is CC(C)COc1ccc(CNC[C@@H]2CCCO2)cc1. The van der Waals surface area contributed by atoms with Gasteiger partial charge in [0, 0.05) is 19.7 Å². The van der Waals surface area contributed by atoms with Gasteiger partial charge in [0.2, 0.25) is 0 Å². The molecule has 1 heterocycles. The molecule has 0 unspecified atom stereocenters. The standard InChI is InChI=1S/C16H25NO2/c1-13(2)12-19-15-7-5-14(6-8-15)10-17-11-16-4-3-9-18-16/h5-8,13,16-17H,3-4,9-12H2,1-2H3/t16-/m0/s1. The van der Waals surface area contributed by atoms with E-state index in [1.807, 2.05) is 12.1 Å². The Labute approximate surface area is 116 Å². The highest BCUT2D eigenvalue weighted by Gasteiger charge is 2.14. The number of rotatable bonds is 7. The van der Waals surface area contributed by atoms with Crippen LogP contribution in [0.25, 0.3) is 0 Å². The minimum Gasteiger partial charge on any atom is -0.493 e. The number of hydrogen-bond acceptors (Lipinski definition) is 3. The van der Waals surface area contributed by atoms with Crippen molar-refractivity contribution < 1.29 is 9.47 Å². The van der Waals surface area contributed by atoms with Crippen LogP contribution in [0.3, 0.4) is 0 Å². The van der Waals surface area contributed by atoms with E-state index in [0.717, 1.165) is 32.1 Å². The Balaban J connectivity index is 1.69. The molecule has 1 N–H and O–H groups in total. The molecule has 19 heavy (non-hydrogen) atoms. The minimum atomic E-state index is 0.411. The predicted molar refractivity (Wildman–Crippen MR) is 77.5 cm³/mol. The molecular weight excluding hydrogens is 238 g/mol. The highest BCUT2D eigenvalue weighted by Crippen LogP contribution is 2.14. The maximum Gasteiger partial charge on any atom is 0.119 e. The molecule has 1 atom stereocenters. The van der Waals surface area contributed by atoms with Crippen LogP contribution in [0, 0.1) is 5.92 Å². The molecule has 1 fully saturated rings. The monoisotopic (exact) mass is 263 g/mol. The summed E-state index contributed by atoms with van der Waals surface area (Å²) in [6.45, 7) is 7.85. The van der Waals surface area contributed by atoms with Crippen LogP contribution < -0.4 is 10.1 Å². The fourth-order valence-electron chi connectivity index (χ4n) is 2.15. The van der Waals surface area contributed by atoms with Crippen LogP contribution in [0.1, 0.15) is 32.3 Å². The molecular formula is C16H25NO2. The summed E-state index contributed by atoms with van der Waals surface area (Å²) in [5.41, 5.74) is 1.29. The maximum atomic E-state index is 5.67. The first-order valence-electron chi connectivity index (χ1n) is 7.28. The van der Waals surface area contributed by atoms with Crippen LogP contribution in [0.15, 0.2) is 24.3 Å². The molecule has 106 valence electrons. The van der Waals surface area contributed by atoms with Gasteiger partial charge in [-0.3, -0.25) is 0 Å². The van der Waals surface area contributed by atoms with Gasteiger partial charge < -0.3 is 14.8 Å². The first kappa shape index (κ1) is 14.4. The van der Waals surface area contributed by atoms with Crippen molar-refractivity contribution in [3.05, 3.63) is 29.8 Å². The molecule has 3 heteroatoms. The van der Waals surface area contributed by atoms with Gasteiger partial charge in [-0.15, -0.1) is 0 Å². The van der Waals surface area contributed by atoms with Crippen molar-refractivity contribution in [3.63, 3.8) is 0 Å². The van der Waals surface area contributed by atoms with Gasteiger partial charge in [0.15, 0.2) is 0 Å². The fourth-order valence-corrected chi connectivity index (χ4v) is 2.15. The quantitative estimate of drug-likeness (QED) is 0.820. The second kappa shape index (κ2) is 7.51. The van der Waals surface area contributed by atoms with Crippen molar-refractivity contribution in [1.29, 1.82) is 0 Å². The predicted octanol–water partition coefficient (Wildman–Crippen LogP) is 2.99. The Morgan fingerprint density at radius 3 is 2.74 bits per heavy atom. The molecule has 0 bridgehead atoms. The van der Waals surface area contributed by atoms with Gasteiger partial charge >= 0.3 is 0 Å². The molecule has 1 aromatic rings. The largest absolute Gasteiger partial charge is 0.493 e. The zero-order chi connectivity index (χ0) is 13.5. The molecule has 1 saturated heterocycles. The second-order valence-corrected chi connectivity index (χ2v) is 5.61. The summed E-state index contributed by atoms with van der Waals surface area (Å²) in [6.07, 6.45) is 2.80. The number of benzene rings is 1. The smallest absolute Gasteiger partial charge is 0.119 e. The third kappa shape index (κ3) is 5.21. The van der Waals surface area contributed by atoms with Crippen LogP contribution in [0.4, 0.5) is 0 Å². The van der Waals surface area contributed by atoms with E-state index in [1.54, 1.807) is 0 Å². The van der Waals surface area contributed by atoms with E-state index < -0.39 is 0 Å². The van der Waals surface area contributed by atoms with Gasteiger partial charge in [-0.1, -0.05) is 26.0 Å². The lowest BCUT2D eigenvalue weighted by molar-refractivity contribution is 0.110. The molecule has 0 aromatic heterocycles. The van der Waals surface area contributed by atoms with Crippen LogP contribution in [-0.2, 0) is 11.3 Å². The summed E-state index contributed by atoms with van der Waals surface area (Å²) in [5.74, 6) is 1.52. The fraction of sp³-hybridized carbons (Fsp3) is 0.625. The van der Waals surface area contributed by atoms with Crippen molar-refractivity contribution in [3.8, 4) is 5.75 Å². The zero-order valence-electron chi connectivity index (χ0n) is 12.0. The van der Waals surface area contributed by atoms with Gasteiger partial charge in [-0.2, -0.15) is 0 Å². The van der Waals surface area contributed by atoms with E-state index in [4.69, 9.17) is 9.47 Å². The van der Waals surface area contributed by atoms with Crippen LogP contribution in [-0.4, -0.2) is 25.9 Å². The average molecular weight is 263 g/mol. The molecule has 0 saturated carbocycles. The Kier molecular flexibility index (Phi) is 5.67. The Hall–Kier alpha value is -1.06. The van der Waals surface area contributed by atoms with Crippen molar-refractivity contribution >= 4 is 0 Å². The Bertz CT molecular complexity index is 356. The van der Waals surface area contributed by atoms with Crippen LogP contribution in [0.5, 0.6) is 5.75 Å². The lowest BCUT2D eigenvalue weighted by Gasteiger charge is -2.12. The topological polar surface area (TPSA) is 30.5 Å². The molecule has 2 rings (SSSR count). The average Bonchev–Trinajstić information content (AvgIpc) is 2.91. The zero-order valence-corrected chi connectivity index (χ0v) is 12.0. The molecule has 1 aliphatic rings.